The van der Waals surface area contributed by atoms with E-state index in [4.69, 9.17) is 17.2 Å². The molecule has 0 saturated heterocycles. The second kappa shape index (κ2) is 18.0. The number of aliphatic carboxylic acids is 1. The molecule has 0 saturated carbocycles. The first kappa shape index (κ1) is 33.7. The minimum atomic E-state index is -1.23. The summed E-state index contributed by atoms with van der Waals surface area (Å²) in [5.41, 5.74) is 17.5. The number of phenolic OH excluding ortho intramolecular Hbond substituents is 1. The van der Waals surface area contributed by atoms with Crippen molar-refractivity contribution >= 4 is 41.4 Å². The van der Waals surface area contributed by atoms with Gasteiger partial charge in [0.25, 0.3) is 0 Å². The van der Waals surface area contributed by atoms with Crippen molar-refractivity contribution in [3.05, 3.63) is 29.8 Å². The highest BCUT2D eigenvalue weighted by Crippen LogP contribution is 2.11. The van der Waals surface area contributed by atoms with Gasteiger partial charge in [-0.1, -0.05) is 12.1 Å². The first-order chi connectivity index (χ1) is 18.5. The van der Waals surface area contributed by atoms with Gasteiger partial charge in [-0.15, -0.1) is 0 Å². The van der Waals surface area contributed by atoms with Crippen LogP contribution in [0.5, 0.6) is 5.75 Å². The first-order valence-electron chi connectivity index (χ1n) is 12.6. The Morgan fingerprint density at radius 3 is 1.97 bits per heavy atom. The van der Waals surface area contributed by atoms with E-state index in [1.54, 1.807) is 12.1 Å². The maximum absolute atomic E-state index is 13.2. The van der Waals surface area contributed by atoms with Crippen LogP contribution < -0.4 is 33.2 Å². The molecule has 0 heterocycles. The Morgan fingerprint density at radius 2 is 1.44 bits per heavy atom. The predicted octanol–water partition coefficient (Wildman–Crippen LogP) is -1.05. The quantitative estimate of drug-likeness (QED) is 0.0941. The predicted molar refractivity (Wildman–Crippen MR) is 148 cm³/mol. The van der Waals surface area contributed by atoms with Gasteiger partial charge in [-0.3, -0.25) is 19.2 Å². The number of nitrogens with two attached hydrogens (primary N) is 3. The van der Waals surface area contributed by atoms with Crippen LogP contribution in [0.2, 0.25) is 0 Å². The van der Waals surface area contributed by atoms with Gasteiger partial charge < -0.3 is 43.4 Å². The Balaban J connectivity index is 2.99. The average molecular weight is 569 g/mol. The number of amides is 4. The Hall–Kier alpha value is -3.36. The smallest absolute Gasteiger partial charge is 0.326 e. The molecule has 13 nitrogen and oxygen atoms in total. The number of carboxylic acids is 1. The number of hydrogen-bond donors (Lipinski definition) is 8. The molecule has 4 unspecified atom stereocenters. The molecular formula is C25H40N6O7S. The number of carboxylic acid groups (broad SMARTS) is 1. The van der Waals surface area contributed by atoms with E-state index in [-0.39, 0.29) is 37.9 Å². The number of nitrogens with one attached hydrogen (secondary N) is 3. The molecule has 1 rings (SSSR count). The van der Waals surface area contributed by atoms with E-state index in [2.05, 4.69) is 16.0 Å². The number of unbranched alkanes of at least 4 members (excludes halogenated alkanes) is 1. The number of primary amides is 1. The topological polar surface area (TPSA) is 240 Å². The molecule has 1 aromatic rings. The van der Waals surface area contributed by atoms with Gasteiger partial charge in [0.1, 0.15) is 23.9 Å². The Labute approximate surface area is 232 Å². The molecule has 0 aliphatic heterocycles. The molecule has 0 aliphatic rings. The van der Waals surface area contributed by atoms with Gasteiger partial charge >= 0.3 is 5.97 Å². The molecule has 11 N–H and O–H groups in total. The zero-order valence-electron chi connectivity index (χ0n) is 22.1. The zero-order valence-corrected chi connectivity index (χ0v) is 22.9. The lowest BCUT2D eigenvalue weighted by Gasteiger charge is -2.25. The summed E-state index contributed by atoms with van der Waals surface area (Å²) in [7, 11) is 0. The number of carbonyl (C=O) groups excluding carboxylic acids is 4. The van der Waals surface area contributed by atoms with Crippen LogP contribution in [0.4, 0.5) is 0 Å². The number of aromatic hydroxyl groups is 1. The lowest BCUT2D eigenvalue weighted by atomic mass is 10.0. The maximum atomic E-state index is 13.2. The monoisotopic (exact) mass is 568 g/mol. The van der Waals surface area contributed by atoms with Gasteiger partial charge in [0.15, 0.2) is 0 Å². The van der Waals surface area contributed by atoms with Crippen LogP contribution in [0.3, 0.4) is 0 Å². The molecule has 0 fully saturated rings. The van der Waals surface area contributed by atoms with Crippen LogP contribution in [0.15, 0.2) is 24.3 Å². The lowest BCUT2D eigenvalue weighted by molar-refractivity contribution is -0.142. The van der Waals surface area contributed by atoms with E-state index in [0.29, 0.717) is 30.7 Å². The summed E-state index contributed by atoms with van der Waals surface area (Å²) in [4.78, 5) is 61.9. The van der Waals surface area contributed by atoms with Gasteiger partial charge in [0, 0.05) is 6.42 Å². The Bertz CT molecular complexity index is 963. The fourth-order valence-corrected chi connectivity index (χ4v) is 4.08. The molecule has 218 valence electrons. The number of thioether (sulfide) groups is 1. The van der Waals surface area contributed by atoms with Crippen molar-refractivity contribution in [2.45, 2.75) is 69.1 Å². The maximum Gasteiger partial charge on any atom is 0.326 e. The average Bonchev–Trinajstić information content (AvgIpc) is 2.88. The van der Waals surface area contributed by atoms with E-state index >= 15 is 0 Å². The molecule has 39 heavy (non-hydrogen) atoms. The molecule has 0 radical (unpaired) electrons. The van der Waals surface area contributed by atoms with Gasteiger partial charge in [-0.2, -0.15) is 11.8 Å². The number of benzene rings is 1. The second-order valence-corrected chi connectivity index (χ2v) is 10.1. The summed E-state index contributed by atoms with van der Waals surface area (Å²) < 4.78 is 0. The van der Waals surface area contributed by atoms with E-state index in [1.807, 2.05) is 6.26 Å². The summed E-state index contributed by atoms with van der Waals surface area (Å²) in [6.07, 6.45) is 3.01. The minimum absolute atomic E-state index is 0.0592. The second-order valence-electron chi connectivity index (χ2n) is 9.07. The van der Waals surface area contributed by atoms with E-state index in [9.17, 15) is 34.2 Å². The van der Waals surface area contributed by atoms with Crippen LogP contribution in [-0.4, -0.2) is 82.5 Å². The summed E-state index contributed by atoms with van der Waals surface area (Å²) in [5.74, 6) is -3.41. The van der Waals surface area contributed by atoms with Crippen molar-refractivity contribution in [1.82, 2.24) is 16.0 Å². The normalized spacial score (nSPS) is 13.9. The highest BCUT2D eigenvalue weighted by molar-refractivity contribution is 7.98. The molecule has 1 aromatic carbocycles. The van der Waals surface area contributed by atoms with Crippen molar-refractivity contribution in [2.24, 2.45) is 17.2 Å². The fourth-order valence-electron chi connectivity index (χ4n) is 3.61. The Morgan fingerprint density at radius 1 is 0.872 bits per heavy atom. The summed E-state index contributed by atoms with van der Waals surface area (Å²) in [6.45, 7) is 0.365. The SMILES string of the molecule is CSCCC(NC(=O)C(CCCCN)NC(=O)C(CCC(N)=O)NC(=O)C(N)Cc1ccc(O)cc1)C(=O)O. The van der Waals surface area contributed by atoms with Crippen LogP contribution in [0, 0.1) is 0 Å². The van der Waals surface area contributed by atoms with Crippen LogP contribution in [-0.2, 0) is 30.4 Å². The van der Waals surface area contributed by atoms with Gasteiger partial charge in [-0.05, 0) is 74.8 Å². The minimum Gasteiger partial charge on any atom is -0.508 e. The van der Waals surface area contributed by atoms with Gasteiger partial charge in [0.05, 0.1) is 6.04 Å². The summed E-state index contributed by atoms with van der Waals surface area (Å²) >= 11 is 1.43. The number of hydrogen-bond acceptors (Lipinski definition) is 9. The number of rotatable bonds is 19. The molecule has 0 aromatic heterocycles. The fraction of sp³-hybridized carbons (Fsp3) is 0.560. The van der Waals surface area contributed by atoms with Crippen molar-refractivity contribution < 1.29 is 34.2 Å². The summed E-state index contributed by atoms with van der Waals surface area (Å²) in [6, 6.07) is 1.61. The zero-order chi connectivity index (χ0) is 29.4. The molecule has 0 aliphatic carbocycles. The molecule has 0 spiro atoms. The third-order valence-corrected chi connectivity index (χ3v) is 6.49. The highest BCUT2D eigenvalue weighted by Gasteiger charge is 2.30. The number of phenols is 1. The highest BCUT2D eigenvalue weighted by atomic mass is 32.2. The molecule has 4 atom stereocenters. The van der Waals surface area contributed by atoms with Crippen LogP contribution in [0.1, 0.15) is 44.1 Å². The summed E-state index contributed by atoms with van der Waals surface area (Å²) in [5, 5.41) is 26.4. The Kier molecular flexibility index (Phi) is 15.6. The molecule has 0 bridgehead atoms. The van der Waals surface area contributed by atoms with Gasteiger partial charge in [-0.25, -0.2) is 4.79 Å². The van der Waals surface area contributed by atoms with E-state index < -0.39 is 53.8 Å². The standard InChI is InChI=1S/C25H40N6O7S/c1-39-13-11-20(25(37)38)31-23(35)18(4-2-3-12-26)30-24(36)19(9-10-21(28)33)29-22(34)17(27)14-15-5-7-16(32)8-6-15/h5-8,17-20,32H,2-4,9-14,26-27H2,1H3,(H2,28,33)(H,29,34)(H,30,36)(H,31,35)(H,37,38). The third kappa shape index (κ3) is 13.3. The molecule has 14 heteroatoms. The van der Waals surface area contributed by atoms with E-state index in [0.717, 1.165) is 0 Å². The molecule has 4 amide bonds. The van der Waals surface area contributed by atoms with Crippen LogP contribution in [0.25, 0.3) is 0 Å². The third-order valence-electron chi connectivity index (χ3n) is 5.85. The van der Waals surface area contributed by atoms with Crippen molar-refractivity contribution in [2.75, 3.05) is 18.6 Å². The lowest BCUT2D eigenvalue weighted by Crippen LogP contribution is -2.57. The van der Waals surface area contributed by atoms with Crippen LogP contribution >= 0.6 is 11.8 Å². The van der Waals surface area contributed by atoms with Crippen molar-refractivity contribution in [3.8, 4) is 5.75 Å². The largest absolute Gasteiger partial charge is 0.508 e. The van der Waals surface area contributed by atoms with Crippen molar-refractivity contribution in [3.63, 3.8) is 0 Å². The number of carbonyl (C=O) groups is 5. The van der Waals surface area contributed by atoms with Crippen molar-refractivity contribution in [1.29, 1.82) is 0 Å². The molecular weight excluding hydrogens is 528 g/mol. The van der Waals surface area contributed by atoms with E-state index in [1.165, 1.54) is 23.9 Å². The first-order valence-corrected chi connectivity index (χ1v) is 14.0. The van der Waals surface area contributed by atoms with Gasteiger partial charge in [0.2, 0.25) is 23.6 Å².